The Balaban J connectivity index is 0.00000192. The number of ether oxygens (including phenoxy) is 1. The van der Waals surface area contributed by atoms with Crippen molar-refractivity contribution in [2.75, 3.05) is 26.7 Å². The molecule has 1 aliphatic carbocycles. The molecule has 23 heavy (non-hydrogen) atoms. The first-order valence-electron chi connectivity index (χ1n) is 8.04. The lowest BCUT2D eigenvalue weighted by molar-refractivity contribution is 0.0696. The molecule has 0 unspecified atom stereocenters. The SMILES string of the molecule is COc1cccc(F)c1C(=O)N1CCC(NCC2CC2)CC1.Cl. The second-order valence-electron chi connectivity index (χ2n) is 6.24. The van der Waals surface area contributed by atoms with Crippen LogP contribution in [0.4, 0.5) is 4.39 Å². The molecule has 1 heterocycles. The summed E-state index contributed by atoms with van der Waals surface area (Å²) >= 11 is 0. The van der Waals surface area contributed by atoms with Crippen LogP contribution in [0.25, 0.3) is 0 Å². The van der Waals surface area contributed by atoms with Crippen molar-refractivity contribution in [3.63, 3.8) is 0 Å². The standard InChI is InChI=1S/C17H23FN2O2.ClH/c1-22-15-4-2-3-14(18)16(15)17(21)20-9-7-13(8-10-20)19-11-12-5-6-12;/h2-4,12-13,19H,5-11H2,1H3;1H. The molecule has 1 aliphatic heterocycles. The van der Waals surface area contributed by atoms with E-state index in [1.54, 1.807) is 17.0 Å². The fraction of sp³-hybridized carbons (Fsp3) is 0.588. The van der Waals surface area contributed by atoms with Crippen molar-refractivity contribution in [1.29, 1.82) is 0 Å². The predicted octanol–water partition coefficient (Wildman–Crippen LogP) is 2.86. The van der Waals surface area contributed by atoms with Crippen LogP contribution in [0.15, 0.2) is 18.2 Å². The molecule has 0 spiro atoms. The number of nitrogens with zero attached hydrogens (tertiary/aromatic N) is 1. The van der Waals surface area contributed by atoms with Crippen LogP contribution in [-0.2, 0) is 0 Å². The summed E-state index contributed by atoms with van der Waals surface area (Å²) in [4.78, 5) is 14.3. The fourth-order valence-corrected chi connectivity index (χ4v) is 2.98. The Hall–Kier alpha value is -1.33. The Kier molecular flexibility index (Phi) is 6.25. The van der Waals surface area contributed by atoms with Crippen molar-refractivity contribution >= 4 is 18.3 Å². The lowest BCUT2D eigenvalue weighted by atomic mass is 10.0. The zero-order chi connectivity index (χ0) is 15.5. The van der Waals surface area contributed by atoms with Crippen molar-refractivity contribution in [3.05, 3.63) is 29.6 Å². The smallest absolute Gasteiger partial charge is 0.260 e. The molecular formula is C17H24ClFN2O2. The summed E-state index contributed by atoms with van der Waals surface area (Å²) in [7, 11) is 1.46. The van der Waals surface area contributed by atoms with E-state index in [2.05, 4.69) is 5.32 Å². The quantitative estimate of drug-likeness (QED) is 0.894. The summed E-state index contributed by atoms with van der Waals surface area (Å²) in [5.41, 5.74) is 0.0504. The van der Waals surface area contributed by atoms with Crippen LogP contribution in [0.1, 0.15) is 36.0 Å². The van der Waals surface area contributed by atoms with Crippen molar-refractivity contribution < 1.29 is 13.9 Å². The van der Waals surface area contributed by atoms with Crippen LogP contribution in [0.3, 0.4) is 0 Å². The van der Waals surface area contributed by atoms with Crippen LogP contribution in [0.5, 0.6) is 5.75 Å². The molecule has 0 aromatic heterocycles. The summed E-state index contributed by atoms with van der Waals surface area (Å²) in [6.45, 7) is 2.43. The molecule has 128 valence electrons. The zero-order valence-electron chi connectivity index (χ0n) is 13.4. The van der Waals surface area contributed by atoms with Gasteiger partial charge < -0.3 is 15.0 Å². The van der Waals surface area contributed by atoms with Gasteiger partial charge in [0.05, 0.1) is 7.11 Å². The maximum Gasteiger partial charge on any atom is 0.260 e. The molecule has 1 N–H and O–H groups in total. The van der Waals surface area contributed by atoms with Crippen LogP contribution in [-0.4, -0.2) is 43.6 Å². The van der Waals surface area contributed by atoms with E-state index in [0.717, 1.165) is 25.3 Å². The van der Waals surface area contributed by atoms with Gasteiger partial charge in [0.2, 0.25) is 0 Å². The maximum absolute atomic E-state index is 14.0. The monoisotopic (exact) mass is 342 g/mol. The molecule has 2 aliphatic rings. The topological polar surface area (TPSA) is 41.6 Å². The number of halogens is 2. The molecule has 3 rings (SSSR count). The Bertz CT molecular complexity index is 543. The Labute approximate surface area is 142 Å². The largest absolute Gasteiger partial charge is 0.496 e. The third-order valence-electron chi connectivity index (χ3n) is 4.58. The molecule has 1 saturated heterocycles. The lowest BCUT2D eigenvalue weighted by Crippen LogP contribution is -2.45. The molecule has 4 nitrogen and oxygen atoms in total. The average Bonchev–Trinajstić information content (AvgIpc) is 3.37. The molecule has 1 aromatic carbocycles. The van der Waals surface area contributed by atoms with Gasteiger partial charge in [-0.05, 0) is 50.3 Å². The molecule has 0 bridgehead atoms. The molecule has 0 radical (unpaired) electrons. The third kappa shape index (κ3) is 4.36. The second-order valence-corrected chi connectivity index (χ2v) is 6.24. The number of amides is 1. The van der Waals surface area contributed by atoms with Gasteiger partial charge in [0.1, 0.15) is 17.1 Å². The van der Waals surface area contributed by atoms with Gasteiger partial charge >= 0.3 is 0 Å². The Morgan fingerprint density at radius 1 is 1.30 bits per heavy atom. The summed E-state index contributed by atoms with van der Waals surface area (Å²) in [5.74, 6) is 0.384. The van der Waals surface area contributed by atoms with Gasteiger partial charge in [0.25, 0.3) is 5.91 Å². The van der Waals surface area contributed by atoms with E-state index in [0.29, 0.717) is 24.9 Å². The lowest BCUT2D eigenvalue weighted by Gasteiger charge is -2.33. The van der Waals surface area contributed by atoms with Crippen LogP contribution >= 0.6 is 12.4 Å². The number of carbonyl (C=O) groups is 1. The molecule has 0 atom stereocenters. The molecule has 1 aromatic rings. The van der Waals surface area contributed by atoms with Gasteiger partial charge in [-0.2, -0.15) is 0 Å². The first-order chi connectivity index (χ1) is 10.7. The number of piperidine rings is 1. The van der Waals surface area contributed by atoms with E-state index in [-0.39, 0.29) is 23.9 Å². The minimum atomic E-state index is -0.515. The Morgan fingerprint density at radius 3 is 2.61 bits per heavy atom. The molecule has 1 saturated carbocycles. The van der Waals surface area contributed by atoms with Crippen LogP contribution < -0.4 is 10.1 Å². The summed E-state index contributed by atoms with van der Waals surface area (Å²) < 4.78 is 19.1. The minimum absolute atomic E-state index is 0. The molecular weight excluding hydrogens is 319 g/mol. The minimum Gasteiger partial charge on any atom is -0.496 e. The van der Waals surface area contributed by atoms with Crippen molar-refractivity contribution in [2.45, 2.75) is 31.7 Å². The van der Waals surface area contributed by atoms with Gasteiger partial charge in [-0.1, -0.05) is 6.07 Å². The van der Waals surface area contributed by atoms with Gasteiger partial charge in [-0.15, -0.1) is 12.4 Å². The first kappa shape index (κ1) is 18.0. The van der Waals surface area contributed by atoms with E-state index in [9.17, 15) is 9.18 Å². The van der Waals surface area contributed by atoms with Gasteiger partial charge in [-0.25, -0.2) is 4.39 Å². The van der Waals surface area contributed by atoms with E-state index in [1.165, 1.54) is 26.0 Å². The number of hydrogen-bond acceptors (Lipinski definition) is 3. The number of methoxy groups -OCH3 is 1. The number of nitrogens with one attached hydrogen (secondary N) is 1. The highest BCUT2D eigenvalue weighted by molar-refractivity contribution is 5.97. The number of carbonyl (C=O) groups excluding carboxylic acids is 1. The summed E-state index contributed by atoms with van der Waals surface area (Å²) in [6, 6.07) is 4.96. The van der Waals surface area contributed by atoms with Crippen LogP contribution in [0.2, 0.25) is 0 Å². The average molecular weight is 343 g/mol. The normalized spacial score (nSPS) is 18.4. The van der Waals surface area contributed by atoms with Crippen LogP contribution in [0, 0.1) is 11.7 Å². The highest BCUT2D eigenvalue weighted by Crippen LogP contribution is 2.28. The molecule has 2 fully saturated rings. The van der Waals surface area contributed by atoms with Gasteiger partial charge in [-0.3, -0.25) is 4.79 Å². The van der Waals surface area contributed by atoms with E-state index in [4.69, 9.17) is 4.74 Å². The first-order valence-corrected chi connectivity index (χ1v) is 8.04. The second kappa shape index (κ2) is 7.97. The maximum atomic E-state index is 14.0. The van der Waals surface area contributed by atoms with Crippen molar-refractivity contribution in [2.24, 2.45) is 5.92 Å². The zero-order valence-corrected chi connectivity index (χ0v) is 14.2. The fourth-order valence-electron chi connectivity index (χ4n) is 2.98. The number of hydrogen-bond donors (Lipinski definition) is 1. The van der Waals surface area contributed by atoms with E-state index < -0.39 is 5.82 Å². The third-order valence-corrected chi connectivity index (χ3v) is 4.58. The molecule has 6 heteroatoms. The van der Waals surface area contributed by atoms with Crippen molar-refractivity contribution in [1.82, 2.24) is 10.2 Å². The van der Waals surface area contributed by atoms with E-state index >= 15 is 0 Å². The Morgan fingerprint density at radius 2 is 2.00 bits per heavy atom. The number of likely N-dealkylation sites (tertiary alicyclic amines) is 1. The number of rotatable bonds is 5. The van der Waals surface area contributed by atoms with Crippen molar-refractivity contribution in [3.8, 4) is 5.75 Å². The molecule has 1 amide bonds. The van der Waals surface area contributed by atoms with Gasteiger partial charge in [0.15, 0.2) is 0 Å². The summed E-state index contributed by atoms with van der Waals surface area (Å²) in [5, 5.41) is 3.58. The number of benzene rings is 1. The predicted molar refractivity (Wildman–Crippen MR) is 89.9 cm³/mol. The highest BCUT2D eigenvalue weighted by Gasteiger charge is 2.28. The highest BCUT2D eigenvalue weighted by atomic mass is 35.5. The van der Waals surface area contributed by atoms with E-state index in [1.807, 2.05) is 0 Å². The van der Waals surface area contributed by atoms with Gasteiger partial charge in [0, 0.05) is 19.1 Å². The summed E-state index contributed by atoms with van der Waals surface area (Å²) in [6.07, 6.45) is 4.54.